The van der Waals surface area contributed by atoms with Gasteiger partial charge in [0.2, 0.25) is 5.91 Å². The Morgan fingerprint density at radius 3 is 2.62 bits per heavy atom. The zero-order chi connectivity index (χ0) is 23.0. The normalized spacial score (nSPS) is 11.8. The molecule has 2 aromatic rings. The summed E-state index contributed by atoms with van der Waals surface area (Å²) in [7, 11) is 0. The average molecular weight is 442 g/mol. The van der Waals surface area contributed by atoms with Crippen LogP contribution in [0.25, 0.3) is 10.8 Å². The van der Waals surface area contributed by atoms with Crippen molar-refractivity contribution in [3.63, 3.8) is 0 Å². The van der Waals surface area contributed by atoms with Crippen molar-refractivity contribution in [3.05, 3.63) is 54.1 Å². The molecule has 0 heterocycles. The fraction of sp³-hybridized carbons (Fsp3) is 0.500. The van der Waals surface area contributed by atoms with Crippen LogP contribution >= 0.6 is 0 Å². The highest BCUT2D eigenvalue weighted by Gasteiger charge is 2.05. The first-order valence-electron chi connectivity index (χ1n) is 11.8. The van der Waals surface area contributed by atoms with Crippen LogP contribution in [-0.4, -0.2) is 55.3 Å². The van der Waals surface area contributed by atoms with Gasteiger partial charge in [-0.25, -0.2) is 5.48 Å². The molecule has 6 nitrogen and oxygen atoms in total. The molecule has 1 amide bonds. The number of hydrogen-bond donors (Lipinski definition) is 3. The maximum absolute atomic E-state index is 11.2. The lowest BCUT2D eigenvalue weighted by Crippen LogP contribution is -2.28. The number of ether oxygens (including phenoxy) is 1. The molecule has 0 aliphatic rings. The molecule has 176 valence electrons. The molecule has 0 aromatic heterocycles. The van der Waals surface area contributed by atoms with E-state index in [1.807, 2.05) is 24.3 Å². The van der Waals surface area contributed by atoms with E-state index in [2.05, 4.69) is 48.3 Å². The lowest BCUT2D eigenvalue weighted by molar-refractivity contribution is -0.129. The van der Waals surface area contributed by atoms with Crippen molar-refractivity contribution in [2.24, 2.45) is 0 Å². The Hall–Kier alpha value is -2.41. The predicted octanol–water partition coefficient (Wildman–Crippen LogP) is 4.53. The van der Waals surface area contributed by atoms with Crippen molar-refractivity contribution in [2.75, 3.05) is 39.3 Å². The van der Waals surface area contributed by atoms with Gasteiger partial charge in [-0.3, -0.25) is 10.0 Å². The molecule has 0 atom stereocenters. The summed E-state index contributed by atoms with van der Waals surface area (Å²) in [6.45, 7) is 9.99. The Labute approximate surface area is 192 Å². The van der Waals surface area contributed by atoms with E-state index in [-0.39, 0.29) is 5.91 Å². The van der Waals surface area contributed by atoms with Gasteiger partial charge in [0.1, 0.15) is 12.4 Å². The maximum atomic E-state index is 11.2. The number of carbonyl (C=O) groups excluding carboxylic acids is 1. The summed E-state index contributed by atoms with van der Waals surface area (Å²) in [4.78, 5) is 13.6. The molecular formula is C26H39N3O3. The van der Waals surface area contributed by atoms with Crippen molar-refractivity contribution < 1.29 is 14.7 Å². The number of hydroxylamine groups is 1. The highest BCUT2D eigenvalue weighted by atomic mass is 16.5. The summed E-state index contributed by atoms with van der Waals surface area (Å²) in [6.07, 6.45) is 6.21. The molecule has 32 heavy (non-hydrogen) atoms. The summed E-state index contributed by atoms with van der Waals surface area (Å²) in [5.41, 5.74) is 2.90. The summed E-state index contributed by atoms with van der Waals surface area (Å²) in [5, 5.41) is 14.5. The van der Waals surface area contributed by atoms with Crippen molar-refractivity contribution in [3.8, 4) is 5.75 Å². The minimum atomic E-state index is -0.330. The number of unbranched alkanes of at least 4 members (excludes halogenated alkanes) is 2. The quantitative estimate of drug-likeness (QED) is 0.154. The van der Waals surface area contributed by atoms with E-state index in [9.17, 15) is 4.79 Å². The van der Waals surface area contributed by atoms with E-state index in [0.29, 0.717) is 13.0 Å². The van der Waals surface area contributed by atoms with Gasteiger partial charge in [0.15, 0.2) is 0 Å². The number of hydrogen-bond acceptors (Lipinski definition) is 5. The van der Waals surface area contributed by atoms with E-state index in [4.69, 9.17) is 9.94 Å². The molecular weight excluding hydrogens is 402 g/mol. The van der Waals surface area contributed by atoms with Crippen LogP contribution in [0.15, 0.2) is 54.1 Å². The number of amides is 1. The summed E-state index contributed by atoms with van der Waals surface area (Å²) in [5.74, 6) is 0.568. The van der Waals surface area contributed by atoms with Gasteiger partial charge in [0.05, 0.1) is 0 Å². The molecule has 0 spiro atoms. The lowest BCUT2D eigenvalue weighted by atomic mass is 10.1. The van der Waals surface area contributed by atoms with Crippen molar-refractivity contribution in [1.29, 1.82) is 0 Å². The molecule has 2 aromatic carbocycles. The van der Waals surface area contributed by atoms with Crippen LogP contribution in [0.3, 0.4) is 0 Å². The molecule has 2 rings (SSSR count). The highest BCUT2D eigenvalue weighted by molar-refractivity contribution is 5.88. The first-order valence-corrected chi connectivity index (χ1v) is 11.8. The Morgan fingerprint density at radius 1 is 1.06 bits per heavy atom. The van der Waals surface area contributed by atoms with Crippen molar-refractivity contribution in [1.82, 2.24) is 15.7 Å². The minimum Gasteiger partial charge on any atom is -0.489 e. The third-order valence-corrected chi connectivity index (χ3v) is 5.65. The second-order valence-electron chi connectivity index (χ2n) is 7.97. The minimum absolute atomic E-state index is 0.330. The molecule has 0 saturated heterocycles. The van der Waals surface area contributed by atoms with Crippen LogP contribution in [0.4, 0.5) is 0 Å². The third kappa shape index (κ3) is 9.39. The van der Waals surface area contributed by atoms with Gasteiger partial charge in [-0.05, 0) is 68.9 Å². The molecule has 0 aliphatic heterocycles. The Balaban J connectivity index is 1.88. The third-order valence-electron chi connectivity index (χ3n) is 5.65. The number of allylic oxidation sites excluding steroid dienone is 1. The Morgan fingerprint density at radius 2 is 1.84 bits per heavy atom. The van der Waals surface area contributed by atoms with E-state index in [1.165, 1.54) is 11.0 Å². The van der Waals surface area contributed by atoms with Crippen LogP contribution < -0.4 is 15.5 Å². The number of nitrogens with one attached hydrogen (secondary N) is 2. The monoisotopic (exact) mass is 441 g/mol. The number of fused-ring (bicyclic) bond motifs is 1. The first kappa shape index (κ1) is 25.8. The molecule has 0 unspecified atom stereocenters. The smallest absolute Gasteiger partial charge is 0.243 e. The van der Waals surface area contributed by atoms with Gasteiger partial charge in [0, 0.05) is 18.4 Å². The van der Waals surface area contributed by atoms with E-state index < -0.39 is 0 Å². The Kier molecular flexibility index (Phi) is 12.4. The van der Waals surface area contributed by atoms with Crippen molar-refractivity contribution in [2.45, 2.75) is 46.0 Å². The molecule has 0 saturated carbocycles. The molecule has 0 radical (unpaired) electrons. The second-order valence-corrected chi connectivity index (χ2v) is 7.97. The van der Waals surface area contributed by atoms with Crippen LogP contribution in [-0.2, 0) is 4.79 Å². The van der Waals surface area contributed by atoms with E-state index in [0.717, 1.165) is 69.5 Å². The van der Waals surface area contributed by atoms with Gasteiger partial charge < -0.3 is 15.0 Å². The molecule has 6 heteroatoms. The maximum Gasteiger partial charge on any atom is 0.243 e. The molecule has 0 bridgehead atoms. The van der Waals surface area contributed by atoms with E-state index >= 15 is 0 Å². The number of carbonyl (C=O) groups is 1. The summed E-state index contributed by atoms with van der Waals surface area (Å²) >= 11 is 0. The zero-order valence-electron chi connectivity index (χ0n) is 19.6. The zero-order valence-corrected chi connectivity index (χ0v) is 19.6. The second kappa shape index (κ2) is 15.4. The number of benzene rings is 2. The molecule has 3 N–H and O–H groups in total. The van der Waals surface area contributed by atoms with Gasteiger partial charge in [-0.15, -0.1) is 0 Å². The topological polar surface area (TPSA) is 73.8 Å². The van der Waals surface area contributed by atoms with Crippen LogP contribution in [0.5, 0.6) is 5.75 Å². The Bertz CT molecular complexity index is 829. The van der Waals surface area contributed by atoms with Gasteiger partial charge >= 0.3 is 0 Å². The summed E-state index contributed by atoms with van der Waals surface area (Å²) < 4.78 is 6.21. The fourth-order valence-electron chi connectivity index (χ4n) is 3.68. The SMILES string of the molecule is CCN(CC)CCCNCC(=CCCCCC(=O)NO)COc1cccc2ccccc12. The standard InChI is InChI=1S/C26H39N3O3/c1-3-29(4-2)19-11-18-27-20-22(12-6-5-7-17-26(30)28-31)21-32-25-16-10-14-23-13-8-9-15-24(23)25/h8-10,12-16,27,31H,3-7,11,17-21H2,1-2H3,(H,28,30). The van der Waals surface area contributed by atoms with Gasteiger partial charge in [0.25, 0.3) is 0 Å². The van der Waals surface area contributed by atoms with Crippen molar-refractivity contribution >= 4 is 16.7 Å². The van der Waals surface area contributed by atoms with Crippen LogP contribution in [0.1, 0.15) is 46.0 Å². The van der Waals surface area contributed by atoms with Crippen LogP contribution in [0, 0.1) is 0 Å². The number of rotatable bonds is 16. The van der Waals surface area contributed by atoms with Crippen LogP contribution in [0.2, 0.25) is 0 Å². The first-order chi connectivity index (χ1) is 15.7. The van der Waals surface area contributed by atoms with Gasteiger partial charge in [-0.1, -0.05) is 56.3 Å². The van der Waals surface area contributed by atoms with E-state index in [1.54, 1.807) is 5.48 Å². The van der Waals surface area contributed by atoms with Gasteiger partial charge in [-0.2, -0.15) is 0 Å². The fourth-order valence-corrected chi connectivity index (χ4v) is 3.68. The lowest BCUT2D eigenvalue weighted by Gasteiger charge is -2.18. The number of nitrogens with zero attached hydrogens (tertiary/aromatic N) is 1. The largest absolute Gasteiger partial charge is 0.489 e. The summed E-state index contributed by atoms with van der Waals surface area (Å²) in [6, 6.07) is 14.4. The predicted molar refractivity (Wildman–Crippen MR) is 131 cm³/mol. The highest BCUT2D eigenvalue weighted by Crippen LogP contribution is 2.25. The molecule has 0 aliphatic carbocycles. The molecule has 0 fully saturated rings. The average Bonchev–Trinajstić information content (AvgIpc) is 2.83.